The minimum absolute atomic E-state index is 0.142. The predicted molar refractivity (Wildman–Crippen MR) is 76.6 cm³/mol. The SMILES string of the molecule is CCNC(c1cccc(OCC)c1)c1coc(C)c1. The lowest BCUT2D eigenvalue weighted by Gasteiger charge is -2.17. The molecule has 0 aliphatic carbocycles. The Balaban J connectivity index is 2.30. The number of nitrogens with one attached hydrogen (secondary N) is 1. The Hall–Kier alpha value is -1.74. The third kappa shape index (κ3) is 3.38. The molecule has 1 atom stereocenters. The molecule has 1 aromatic heterocycles. The summed E-state index contributed by atoms with van der Waals surface area (Å²) >= 11 is 0. The third-order valence-corrected chi connectivity index (χ3v) is 2.99. The first-order valence-corrected chi connectivity index (χ1v) is 6.75. The van der Waals surface area contributed by atoms with Gasteiger partial charge in [0.05, 0.1) is 18.9 Å². The van der Waals surface area contributed by atoms with Gasteiger partial charge in [-0.15, -0.1) is 0 Å². The summed E-state index contributed by atoms with van der Waals surface area (Å²) in [6.07, 6.45) is 1.82. The lowest BCUT2D eigenvalue weighted by molar-refractivity contribution is 0.339. The zero-order chi connectivity index (χ0) is 13.7. The molecular weight excluding hydrogens is 238 g/mol. The molecule has 0 saturated heterocycles. The highest BCUT2D eigenvalue weighted by molar-refractivity contribution is 5.36. The van der Waals surface area contributed by atoms with Crippen LogP contribution in [0.5, 0.6) is 5.75 Å². The van der Waals surface area contributed by atoms with Crippen LogP contribution in [0, 0.1) is 6.92 Å². The van der Waals surface area contributed by atoms with Crippen molar-refractivity contribution in [1.82, 2.24) is 5.32 Å². The van der Waals surface area contributed by atoms with Crippen LogP contribution in [0.3, 0.4) is 0 Å². The lowest BCUT2D eigenvalue weighted by atomic mass is 10.0. The molecule has 102 valence electrons. The number of hydrogen-bond acceptors (Lipinski definition) is 3. The molecule has 0 radical (unpaired) electrons. The van der Waals surface area contributed by atoms with Crippen molar-refractivity contribution < 1.29 is 9.15 Å². The van der Waals surface area contributed by atoms with Crippen LogP contribution in [-0.2, 0) is 0 Å². The first-order valence-electron chi connectivity index (χ1n) is 6.75. The minimum Gasteiger partial charge on any atom is -0.494 e. The van der Waals surface area contributed by atoms with Gasteiger partial charge in [0, 0.05) is 5.56 Å². The summed E-state index contributed by atoms with van der Waals surface area (Å²) in [7, 11) is 0. The van der Waals surface area contributed by atoms with Gasteiger partial charge >= 0.3 is 0 Å². The Labute approximate surface area is 114 Å². The van der Waals surface area contributed by atoms with E-state index in [9.17, 15) is 0 Å². The highest BCUT2D eigenvalue weighted by Gasteiger charge is 2.15. The van der Waals surface area contributed by atoms with E-state index in [0.717, 1.165) is 23.6 Å². The van der Waals surface area contributed by atoms with Crippen LogP contribution in [0.15, 0.2) is 41.0 Å². The Morgan fingerprint density at radius 3 is 2.68 bits per heavy atom. The smallest absolute Gasteiger partial charge is 0.119 e. The summed E-state index contributed by atoms with van der Waals surface area (Å²) in [6, 6.07) is 10.4. The minimum atomic E-state index is 0.142. The zero-order valence-electron chi connectivity index (χ0n) is 11.8. The molecule has 1 N–H and O–H groups in total. The van der Waals surface area contributed by atoms with Gasteiger partial charge in [0.15, 0.2) is 0 Å². The lowest BCUT2D eigenvalue weighted by Crippen LogP contribution is -2.21. The second-order valence-electron chi connectivity index (χ2n) is 4.49. The van der Waals surface area contributed by atoms with Gasteiger partial charge in [-0.25, -0.2) is 0 Å². The van der Waals surface area contributed by atoms with Gasteiger partial charge in [-0.1, -0.05) is 19.1 Å². The van der Waals surface area contributed by atoms with Gasteiger partial charge in [0.25, 0.3) is 0 Å². The fourth-order valence-electron chi connectivity index (χ4n) is 2.20. The molecule has 0 amide bonds. The number of rotatable bonds is 6. The highest BCUT2D eigenvalue weighted by atomic mass is 16.5. The summed E-state index contributed by atoms with van der Waals surface area (Å²) in [6.45, 7) is 7.64. The van der Waals surface area contributed by atoms with E-state index in [0.29, 0.717) is 6.61 Å². The van der Waals surface area contributed by atoms with E-state index in [-0.39, 0.29) is 6.04 Å². The van der Waals surface area contributed by atoms with Gasteiger partial charge in [0.1, 0.15) is 11.5 Å². The molecule has 1 aromatic carbocycles. The van der Waals surface area contributed by atoms with E-state index < -0.39 is 0 Å². The molecule has 3 heteroatoms. The van der Waals surface area contributed by atoms with Crippen LogP contribution in [-0.4, -0.2) is 13.2 Å². The van der Waals surface area contributed by atoms with E-state index >= 15 is 0 Å². The summed E-state index contributed by atoms with van der Waals surface area (Å²) in [5, 5.41) is 3.48. The fourth-order valence-corrected chi connectivity index (χ4v) is 2.20. The van der Waals surface area contributed by atoms with E-state index in [4.69, 9.17) is 9.15 Å². The topological polar surface area (TPSA) is 34.4 Å². The summed E-state index contributed by atoms with van der Waals surface area (Å²) in [4.78, 5) is 0. The van der Waals surface area contributed by atoms with Crippen LogP contribution in [0.4, 0.5) is 0 Å². The first-order chi connectivity index (χ1) is 9.24. The Morgan fingerprint density at radius 1 is 1.21 bits per heavy atom. The molecular formula is C16H21NO2. The van der Waals surface area contributed by atoms with Gasteiger partial charge in [-0.05, 0) is 44.2 Å². The van der Waals surface area contributed by atoms with Gasteiger partial charge < -0.3 is 14.5 Å². The van der Waals surface area contributed by atoms with E-state index in [1.54, 1.807) is 0 Å². The average molecular weight is 259 g/mol. The van der Waals surface area contributed by atoms with E-state index in [2.05, 4.69) is 30.4 Å². The molecule has 0 aliphatic heterocycles. The van der Waals surface area contributed by atoms with Crippen LogP contribution in [0.2, 0.25) is 0 Å². The molecule has 0 fully saturated rings. The van der Waals surface area contributed by atoms with E-state index in [1.165, 1.54) is 5.56 Å². The fraction of sp³-hybridized carbons (Fsp3) is 0.375. The number of benzene rings is 1. The third-order valence-electron chi connectivity index (χ3n) is 2.99. The zero-order valence-corrected chi connectivity index (χ0v) is 11.8. The molecule has 0 bridgehead atoms. The molecule has 1 unspecified atom stereocenters. The monoisotopic (exact) mass is 259 g/mol. The number of aryl methyl sites for hydroxylation is 1. The predicted octanol–water partition coefficient (Wildman–Crippen LogP) is 3.69. The second-order valence-corrected chi connectivity index (χ2v) is 4.49. The van der Waals surface area contributed by atoms with Crippen molar-refractivity contribution in [2.75, 3.05) is 13.2 Å². The number of hydrogen-bond donors (Lipinski definition) is 1. The van der Waals surface area contributed by atoms with Crippen molar-refractivity contribution in [2.45, 2.75) is 26.8 Å². The Kier molecular flexibility index (Phi) is 4.63. The summed E-state index contributed by atoms with van der Waals surface area (Å²) in [5.41, 5.74) is 2.33. The standard InChI is InChI=1S/C16H21NO2/c1-4-17-16(14-9-12(3)19-11-14)13-7-6-8-15(10-13)18-5-2/h6-11,16-17H,4-5H2,1-3H3. The van der Waals surface area contributed by atoms with Gasteiger partial charge in [-0.2, -0.15) is 0 Å². The number of furan rings is 1. The van der Waals surface area contributed by atoms with Crippen molar-refractivity contribution in [1.29, 1.82) is 0 Å². The quantitative estimate of drug-likeness (QED) is 0.859. The van der Waals surface area contributed by atoms with Crippen molar-refractivity contribution in [3.05, 3.63) is 53.5 Å². The maximum Gasteiger partial charge on any atom is 0.119 e. The second kappa shape index (κ2) is 6.43. The Bertz CT molecular complexity index is 519. The summed E-state index contributed by atoms with van der Waals surface area (Å²) < 4.78 is 11.0. The van der Waals surface area contributed by atoms with Crippen molar-refractivity contribution in [3.63, 3.8) is 0 Å². The van der Waals surface area contributed by atoms with Crippen LogP contribution >= 0.6 is 0 Å². The van der Waals surface area contributed by atoms with Crippen molar-refractivity contribution in [3.8, 4) is 5.75 Å². The molecule has 1 heterocycles. The molecule has 19 heavy (non-hydrogen) atoms. The molecule has 2 aromatic rings. The van der Waals surface area contributed by atoms with Gasteiger partial charge in [-0.3, -0.25) is 0 Å². The number of ether oxygens (including phenoxy) is 1. The molecule has 2 rings (SSSR count). The maximum atomic E-state index is 5.56. The van der Waals surface area contributed by atoms with Crippen LogP contribution in [0.25, 0.3) is 0 Å². The molecule has 0 aliphatic rings. The average Bonchev–Trinajstić information content (AvgIpc) is 2.83. The Morgan fingerprint density at radius 2 is 2.05 bits per heavy atom. The molecule has 0 saturated carbocycles. The molecule has 0 spiro atoms. The van der Waals surface area contributed by atoms with Crippen LogP contribution < -0.4 is 10.1 Å². The normalized spacial score (nSPS) is 12.4. The van der Waals surface area contributed by atoms with Crippen LogP contribution in [0.1, 0.15) is 36.8 Å². The largest absolute Gasteiger partial charge is 0.494 e. The van der Waals surface area contributed by atoms with Crippen molar-refractivity contribution >= 4 is 0 Å². The van der Waals surface area contributed by atoms with E-state index in [1.807, 2.05) is 32.2 Å². The summed E-state index contributed by atoms with van der Waals surface area (Å²) in [5.74, 6) is 1.84. The van der Waals surface area contributed by atoms with Crippen molar-refractivity contribution in [2.24, 2.45) is 0 Å². The highest BCUT2D eigenvalue weighted by Crippen LogP contribution is 2.26. The first kappa shape index (κ1) is 13.7. The molecule has 3 nitrogen and oxygen atoms in total. The maximum absolute atomic E-state index is 5.56. The van der Waals surface area contributed by atoms with Gasteiger partial charge in [0.2, 0.25) is 0 Å².